The van der Waals surface area contributed by atoms with Crippen molar-refractivity contribution in [2.75, 3.05) is 10.6 Å². The fraction of sp³-hybridized carbons (Fsp3) is 0.0769. The summed E-state index contributed by atoms with van der Waals surface area (Å²) in [6, 6.07) is 32.5. The van der Waals surface area contributed by atoms with E-state index in [1.807, 2.05) is 0 Å². The third-order valence-electron chi connectivity index (χ3n) is 11.6. The van der Waals surface area contributed by atoms with Gasteiger partial charge in [0.15, 0.2) is 0 Å². The summed E-state index contributed by atoms with van der Waals surface area (Å²) in [5, 5.41) is 15.5. The molecular formula is C52H44N6O18S4. The predicted molar refractivity (Wildman–Crippen MR) is 285 cm³/mol. The zero-order chi connectivity index (χ0) is 58.2. The van der Waals surface area contributed by atoms with E-state index in [1.165, 1.54) is 97.1 Å². The largest absolute Gasteiger partial charge is 0.348 e. The van der Waals surface area contributed by atoms with Crippen LogP contribution in [-0.2, 0) is 66.7 Å². The summed E-state index contributed by atoms with van der Waals surface area (Å²) in [4.78, 5) is 80.2. The van der Waals surface area contributed by atoms with Crippen molar-refractivity contribution in [2.24, 2.45) is 0 Å². The average molecular weight is 1170 g/mol. The highest BCUT2D eigenvalue weighted by Crippen LogP contribution is 2.24. The maximum atomic E-state index is 13.9. The molecule has 7 rings (SSSR count). The van der Waals surface area contributed by atoms with Gasteiger partial charge in [0, 0.05) is 48.4 Å². The maximum absolute atomic E-state index is 13.9. The topological polar surface area (TPSA) is 392 Å². The van der Waals surface area contributed by atoms with E-state index in [4.69, 9.17) is 0 Å². The molecule has 28 heteroatoms. The minimum absolute atomic E-state index is 0.0950. The number of rotatable bonds is 20. The molecule has 6 amide bonds. The van der Waals surface area contributed by atoms with Gasteiger partial charge >= 0.3 is 0 Å². The number of benzene rings is 7. The highest BCUT2D eigenvalue weighted by Gasteiger charge is 2.22. The zero-order valence-electron chi connectivity index (χ0n) is 41.0. The van der Waals surface area contributed by atoms with Gasteiger partial charge in [0.2, 0.25) is 0 Å². The zero-order valence-corrected chi connectivity index (χ0v) is 44.2. The van der Waals surface area contributed by atoms with E-state index in [0.29, 0.717) is 0 Å². The van der Waals surface area contributed by atoms with Crippen LogP contribution in [0.3, 0.4) is 0 Å². The fourth-order valence-corrected chi connectivity index (χ4v) is 9.73. The molecule has 0 fully saturated rings. The first-order valence-corrected chi connectivity index (χ1v) is 28.8. The van der Waals surface area contributed by atoms with Crippen LogP contribution >= 0.6 is 0 Å². The van der Waals surface area contributed by atoms with Gasteiger partial charge in [-0.1, -0.05) is 48.5 Å². The Hall–Kier alpha value is -9.00. The van der Waals surface area contributed by atoms with E-state index in [2.05, 4.69) is 31.9 Å². The molecule has 0 aliphatic rings. The summed E-state index contributed by atoms with van der Waals surface area (Å²) in [7, 11) is -18.3. The second-order valence-electron chi connectivity index (χ2n) is 17.2. The first-order valence-electron chi connectivity index (χ1n) is 23.0. The number of anilines is 2. The molecule has 0 heterocycles. The van der Waals surface area contributed by atoms with E-state index in [1.54, 1.807) is 0 Å². The molecule has 24 nitrogen and oxygen atoms in total. The monoisotopic (exact) mass is 1170 g/mol. The van der Waals surface area contributed by atoms with Crippen molar-refractivity contribution < 1.29 is 80.6 Å². The number of nitrogens with one attached hydrogen (secondary N) is 6. The van der Waals surface area contributed by atoms with Gasteiger partial charge in [-0.3, -0.25) is 47.0 Å². The van der Waals surface area contributed by atoms with Crippen molar-refractivity contribution in [3.63, 3.8) is 0 Å². The molecule has 0 aromatic heterocycles. The molecule has 80 heavy (non-hydrogen) atoms. The van der Waals surface area contributed by atoms with E-state index < -0.39 is 95.5 Å². The Morgan fingerprint density at radius 1 is 0.300 bits per heavy atom. The first kappa shape index (κ1) is 58.7. The fourth-order valence-electron chi connectivity index (χ4n) is 7.52. The molecule has 414 valence electrons. The molecule has 7 aromatic rings. The normalized spacial score (nSPS) is 11.7. The smallest absolute Gasteiger partial charge is 0.294 e. The van der Waals surface area contributed by atoms with Gasteiger partial charge in [0.05, 0.1) is 42.1 Å². The van der Waals surface area contributed by atoms with Crippen LogP contribution in [0.5, 0.6) is 0 Å². The lowest BCUT2D eigenvalue weighted by atomic mass is 10.0. The van der Waals surface area contributed by atoms with E-state index >= 15 is 0 Å². The third kappa shape index (κ3) is 15.6. The molecule has 0 aliphatic carbocycles. The summed E-state index contributed by atoms with van der Waals surface area (Å²) >= 11 is 0. The van der Waals surface area contributed by atoms with Crippen LogP contribution in [-0.4, -0.2) is 87.3 Å². The van der Waals surface area contributed by atoms with E-state index in [9.17, 15) is 80.6 Å². The number of carbonyl (C=O) groups is 6. The minimum atomic E-state index is -4.59. The highest BCUT2D eigenvalue weighted by atomic mass is 32.2. The summed E-state index contributed by atoms with van der Waals surface area (Å²) < 4.78 is 131. The van der Waals surface area contributed by atoms with Crippen molar-refractivity contribution in [3.05, 3.63) is 213 Å². The van der Waals surface area contributed by atoms with Crippen LogP contribution in [0.15, 0.2) is 177 Å². The number of amides is 6. The Bertz CT molecular complexity index is 3840. The molecule has 0 saturated heterocycles. The molecule has 0 spiro atoms. The summed E-state index contributed by atoms with van der Waals surface area (Å²) in [6.45, 7) is -0.974. The molecule has 10 N–H and O–H groups in total. The molecular weight excluding hydrogens is 1120 g/mol. The van der Waals surface area contributed by atoms with Gasteiger partial charge in [0.25, 0.3) is 75.9 Å². The summed E-state index contributed by atoms with van der Waals surface area (Å²) in [6.07, 6.45) is 0. The summed E-state index contributed by atoms with van der Waals surface area (Å²) in [5.41, 5.74) is -0.0831. The van der Waals surface area contributed by atoms with Gasteiger partial charge < -0.3 is 31.9 Å². The predicted octanol–water partition coefficient (Wildman–Crippen LogP) is 4.90. The van der Waals surface area contributed by atoms with Crippen molar-refractivity contribution in [3.8, 4) is 0 Å². The minimum Gasteiger partial charge on any atom is -0.348 e. The molecule has 0 aliphatic heterocycles. The molecule has 0 radical (unpaired) electrons. The summed E-state index contributed by atoms with van der Waals surface area (Å²) in [5.74, 6) is -4.85. The van der Waals surface area contributed by atoms with E-state index in [-0.39, 0.29) is 93.2 Å². The van der Waals surface area contributed by atoms with Gasteiger partial charge in [0.1, 0.15) is 0 Å². The van der Waals surface area contributed by atoms with Crippen molar-refractivity contribution in [2.45, 2.75) is 45.8 Å². The van der Waals surface area contributed by atoms with Crippen molar-refractivity contribution >= 4 is 87.3 Å². The Morgan fingerprint density at radius 2 is 0.550 bits per heavy atom. The van der Waals surface area contributed by atoms with Gasteiger partial charge in [-0.25, -0.2) is 0 Å². The molecule has 0 bridgehead atoms. The van der Waals surface area contributed by atoms with Crippen LogP contribution < -0.4 is 31.9 Å². The maximum Gasteiger partial charge on any atom is 0.294 e. The molecule has 0 atom stereocenters. The first-order chi connectivity index (χ1) is 37.6. The highest BCUT2D eigenvalue weighted by molar-refractivity contribution is 7.86. The number of hydrogen-bond donors (Lipinski definition) is 10. The second-order valence-corrected chi connectivity index (χ2v) is 22.9. The molecule has 0 unspecified atom stereocenters. The number of hydrogen-bond acceptors (Lipinski definition) is 14. The van der Waals surface area contributed by atoms with E-state index in [0.717, 1.165) is 60.7 Å². The number of carbonyl (C=O) groups excluding carboxylic acids is 6. The van der Waals surface area contributed by atoms with Gasteiger partial charge in [-0.05, 0) is 131 Å². The van der Waals surface area contributed by atoms with Crippen LogP contribution in [0.2, 0.25) is 0 Å². The Kier molecular flexibility index (Phi) is 17.9. The van der Waals surface area contributed by atoms with Crippen LogP contribution in [0.4, 0.5) is 11.4 Å². The lowest BCUT2D eigenvalue weighted by Gasteiger charge is -2.15. The second kappa shape index (κ2) is 24.3. The standard InChI is InChI=1S/C52H44N6O18S4/c59-47(53-27-31-5-1-9-39(21-31)77(65,66)67)37-17-19-43(51(63)55-29-33-7-3-11-41(23-33)79(71,72)73)45(25-37)57-49(61)35-13-15-36(16-14-35)50(62)58-46-26-38(48(60)54-28-32-6-2-10-40(22-32)78(68,69)70)18-20-44(46)52(64)56-30-34-8-4-12-42(24-34)80(74,75)76/h1-26H,27-30H2,(H,53,59)(H,54,60)(H,55,63)(H,56,64)(H,57,61)(H,58,62)(H,65,66,67)(H,68,69,70)(H,71,72,73)(H,74,75,76). The van der Waals surface area contributed by atoms with Crippen molar-refractivity contribution in [1.29, 1.82) is 0 Å². The van der Waals surface area contributed by atoms with Gasteiger partial charge in [-0.2, -0.15) is 33.7 Å². The molecule has 0 saturated carbocycles. The lowest BCUT2D eigenvalue weighted by molar-refractivity contribution is 0.0939. The Balaban J connectivity index is 1.12. The third-order valence-corrected chi connectivity index (χ3v) is 15.0. The van der Waals surface area contributed by atoms with Crippen molar-refractivity contribution in [1.82, 2.24) is 21.3 Å². The van der Waals surface area contributed by atoms with Crippen LogP contribution in [0.1, 0.15) is 84.4 Å². The quantitative estimate of drug-likeness (QED) is 0.0454. The molecule has 7 aromatic carbocycles. The lowest BCUT2D eigenvalue weighted by Crippen LogP contribution is -2.27. The Morgan fingerprint density at radius 3 is 0.812 bits per heavy atom. The van der Waals surface area contributed by atoms with Crippen LogP contribution in [0.25, 0.3) is 0 Å². The Labute approximate surface area is 456 Å². The van der Waals surface area contributed by atoms with Gasteiger partial charge in [-0.15, -0.1) is 0 Å². The van der Waals surface area contributed by atoms with Crippen LogP contribution in [0, 0.1) is 0 Å². The average Bonchev–Trinajstić information content (AvgIpc) is 3.45. The SMILES string of the molecule is O=C(NCc1cccc(S(=O)(=O)O)c1)c1ccc(C(=O)NCc2cccc(S(=O)(=O)O)c2)c(NC(=O)c2ccc(C(=O)Nc3cc(C(=O)NCc4cccc(S(=O)(=O)O)c4)ccc3C(=O)NCc3cccc(S(=O)(=O)O)c3)cc2)c1.